The molecule has 2 aromatic heterocycles. The molecule has 1 aliphatic heterocycles. The maximum Gasteiger partial charge on any atom is 0.255 e. The molecule has 1 aromatic carbocycles. The van der Waals surface area contributed by atoms with Crippen molar-refractivity contribution in [1.29, 1.82) is 0 Å². The minimum absolute atomic E-state index is 0.0261. The van der Waals surface area contributed by atoms with Crippen LogP contribution in [0.1, 0.15) is 47.2 Å². The third-order valence-corrected chi connectivity index (χ3v) is 4.84. The summed E-state index contributed by atoms with van der Waals surface area (Å²) in [7, 11) is 0. The summed E-state index contributed by atoms with van der Waals surface area (Å²) in [6, 6.07) is 9.65. The lowest BCUT2D eigenvalue weighted by molar-refractivity contribution is 0.0706. The van der Waals surface area contributed by atoms with E-state index in [2.05, 4.69) is 24.2 Å². The first kappa shape index (κ1) is 16.7. The molecule has 7 heteroatoms. The van der Waals surface area contributed by atoms with Crippen LogP contribution in [0.5, 0.6) is 0 Å². The summed E-state index contributed by atoms with van der Waals surface area (Å²) in [6.07, 6.45) is 0. The highest BCUT2D eigenvalue weighted by molar-refractivity contribution is 6.06. The highest BCUT2D eigenvalue weighted by Crippen LogP contribution is 2.25. The molecule has 7 nitrogen and oxygen atoms in total. The monoisotopic (exact) mass is 351 g/mol. The van der Waals surface area contributed by atoms with Crippen molar-refractivity contribution in [1.82, 2.24) is 24.9 Å². The topological polar surface area (TPSA) is 84.1 Å². The van der Waals surface area contributed by atoms with E-state index in [0.29, 0.717) is 30.9 Å². The van der Waals surface area contributed by atoms with Gasteiger partial charge in [0.15, 0.2) is 0 Å². The molecular formula is C19H21N5O2. The zero-order chi connectivity index (χ0) is 18.3. The number of pyridine rings is 1. The molecule has 0 spiro atoms. The van der Waals surface area contributed by atoms with Gasteiger partial charge in [-0.1, -0.05) is 37.3 Å². The van der Waals surface area contributed by atoms with Gasteiger partial charge in [-0.2, -0.15) is 0 Å². The van der Waals surface area contributed by atoms with Gasteiger partial charge in [0.25, 0.3) is 5.91 Å². The lowest BCUT2D eigenvalue weighted by atomic mass is 10.0. The number of carbonyl (C=O) groups is 1. The second-order valence-corrected chi connectivity index (χ2v) is 6.86. The Bertz CT molecular complexity index is 966. The van der Waals surface area contributed by atoms with Crippen molar-refractivity contribution in [3.63, 3.8) is 0 Å². The Kier molecular flexibility index (Phi) is 4.16. The number of aliphatic hydroxyl groups excluding tert-OH is 1. The van der Waals surface area contributed by atoms with Gasteiger partial charge in [0.05, 0.1) is 36.5 Å². The van der Waals surface area contributed by atoms with Crippen LogP contribution in [0.2, 0.25) is 0 Å². The minimum Gasteiger partial charge on any atom is -0.390 e. The number of hydrogen-bond acceptors (Lipinski definition) is 5. The molecule has 134 valence electrons. The minimum atomic E-state index is -0.174. The average molecular weight is 351 g/mol. The van der Waals surface area contributed by atoms with E-state index in [0.717, 1.165) is 22.3 Å². The number of benzene rings is 1. The quantitative estimate of drug-likeness (QED) is 0.781. The van der Waals surface area contributed by atoms with Gasteiger partial charge in [-0.3, -0.25) is 9.78 Å². The van der Waals surface area contributed by atoms with Gasteiger partial charge < -0.3 is 10.0 Å². The van der Waals surface area contributed by atoms with Gasteiger partial charge in [-0.25, -0.2) is 4.68 Å². The smallest absolute Gasteiger partial charge is 0.255 e. The highest BCUT2D eigenvalue weighted by atomic mass is 16.3. The maximum atomic E-state index is 13.3. The van der Waals surface area contributed by atoms with E-state index in [4.69, 9.17) is 4.98 Å². The van der Waals surface area contributed by atoms with Crippen LogP contribution in [-0.4, -0.2) is 42.4 Å². The second-order valence-electron chi connectivity index (χ2n) is 6.86. The summed E-state index contributed by atoms with van der Waals surface area (Å²) in [6.45, 7) is 5.51. The number of rotatable bonds is 3. The van der Waals surface area contributed by atoms with Crippen LogP contribution in [0.4, 0.5) is 0 Å². The SMILES string of the molecule is CC(C)c1cc(C(=O)N2CCn3nnc(CO)c3C2)c2ccccc2n1. The number of para-hydroxylation sites is 1. The Labute approximate surface area is 151 Å². The molecule has 0 saturated carbocycles. The zero-order valence-corrected chi connectivity index (χ0v) is 14.9. The van der Waals surface area contributed by atoms with Crippen molar-refractivity contribution < 1.29 is 9.90 Å². The van der Waals surface area contributed by atoms with E-state index in [1.165, 1.54) is 0 Å². The molecule has 0 aliphatic carbocycles. The number of aromatic nitrogens is 4. The zero-order valence-electron chi connectivity index (χ0n) is 14.9. The first-order valence-corrected chi connectivity index (χ1v) is 8.79. The van der Waals surface area contributed by atoms with Gasteiger partial charge in [0, 0.05) is 17.6 Å². The second kappa shape index (κ2) is 6.49. The molecule has 3 heterocycles. The van der Waals surface area contributed by atoms with E-state index in [1.54, 1.807) is 9.58 Å². The Hall–Kier alpha value is -2.80. The summed E-state index contributed by atoms with van der Waals surface area (Å²) in [5.41, 5.74) is 3.75. The standard InChI is InChI=1S/C19H21N5O2/c1-12(2)16-9-14(13-5-3-4-6-15(13)20-16)19(26)23-7-8-24-18(10-23)17(11-25)21-22-24/h3-6,9,12,25H,7-8,10-11H2,1-2H3. The number of nitrogens with zero attached hydrogens (tertiary/aromatic N) is 5. The molecular weight excluding hydrogens is 330 g/mol. The Morgan fingerprint density at radius 1 is 1.27 bits per heavy atom. The van der Waals surface area contributed by atoms with E-state index in [1.807, 2.05) is 30.3 Å². The van der Waals surface area contributed by atoms with Crippen molar-refractivity contribution in [3.8, 4) is 0 Å². The number of fused-ring (bicyclic) bond motifs is 2. The molecule has 3 aromatic rings. The van der Waals surface area contributed by atoms with Gasteiger partial charge in [-0.05, 0) is 18.1 Å². The summed E-state index contributed by atoms with van der Waals surface area (Å²) < 4.78 is 1.76. The molecule has 0 atom stereocenters. The van der Waals surface area contributed by atoms with Crippen LogP contribution >= 0.6 is 0 Å². The molecule has 0 bridgehead atoms. The first-order valence-electron chi connectivity index (χ1n) is 8.79. The highest BCUT2D eigenvalue weighted by Gasteiger charge is 2.27. The molecule has 4 rings (SSSR count). The molecule has 1 N–H and O–H groups in total. The summed E-state index contributed by atoms with van der Waals surface area (Å²) in [4.78, 5) is 19.8. The number of aliphatic hydroxyl groups is 1. The molecule has 1 amide bonds. The lowest BCUT2D eigenvalue weighted by Gasteiger charge is -2.28. The third kappa shape index (κ3) is 2.74. The largest absolute Gasteiger partial charge is 0.390 e. The predicted molar refractivity (Wildman–Crippen MR) is 96.5 cm³/mol. The van der Waals surface area contributed by atoms with Crippen molar-refractivity contribution >= 4 is 16.8 Å². The van der Waals surface area contributed by atoms with Crippen LogP contribution < -0.4 is 0 Å². The van der Waals surface area contributed by atoms with Crippen LogP contribution in [0, 0.1) is 0 Å². The molecule has 0 unspecified atom stereocenters. The molecule has 0 saturated heterocycles. The van der Waals surface area contributed by atoms with Gasteiger partial charge in [0.2, 0.25) is 0 Å². The molecule has 0 radical (unpaired) electrons. The fourth-order valence-electron chi connectivity index (χ4n) is 3.33. The summed E-state index contributed by atoms with van der Waals surface area (Å²) in [5, 5.41) is 18.3. The van der Waals surface area contributed by atoms with Crippen molar-refractivity contribution in [2.24, 2.45) is 0 Å². The Morgan fingerprint density at radius 2 is 2.08 bits per heavy atom. The van der Waals surface area contributed by atoms with E-state index < -0.39 is 0 Å². The maximum absolute atomic E-state index is 13.3. The number of hydrogen-bond donors (Lipinski definition) is 1. The van der Waals surface area contributed by atoms with E-state index in [-0.39, 0.29) is 18.4 Å². The van der Waals surface area contributed by atoms with Crippen LogP contribution in [0.3, 0.4) is 0 Å². The summed E-state index contributed by atoms with van der Waals surface area (Å²) >= 11 is 0. The van der Waals surface area contributed by atoms with Gasteiger partial charge in [0.1, 0.15) is 5.69 Å². The van der Waals surface area contributed by atoms with Crippen LogP contribution in [0.25, 0.3) is 10.9 Å². The Balaban J connectivity index is 1.75. The molecule has 1 aliphatic rings. The van der Waals surface area contributed by atoms with Crippen LogP contribution in [-0.2, 0) is 19.7 Å². The average Bonchev–Trinajstić information content (AvgIpc) is 3.08. The van der Waals surface area contributed by atoms with Crippen LogP contribution in [0.15, 0.2) is 30.3 Å². The molecule has 0 fully saturated rings. The Morgan fingerprint density at radius 3 is 2.85 bits per heavy atom. The van der Waals surface area contributed by atoms with Crippen molar-refractivity contribution in [2.45, 2.75) is 39.5 Å². The number of carbonyl (C=O) groups excluding carboxylic acids is 1. The lowest BCUT2D eigenvalue weighted by Crippen LogP contribution is -2.39. The normalized spacial score (nSPS) is 14.1. The van der Waals surface area contributed by atoms with Crippen molar-refractivity contribution in [3.05, 3.63) is 53.0 Å². The van der Waals surface area contributed by atoms with Gasteiger partial charge >= 0.3 is 0 Å². The third-order valence-electron chi connectivity index (χ3n) is 4.84. The van der Waals surface area contributed by atoms with E-state index >= 15 is 0 Å². The summed E-state index contributed by atoms with van der Waals surface area (Å²) in [5.74, 6) is 0.209. The van der Waals surface area contributed by atoms with Crippen molar-refractivity contribution in [2.75, 3.05) is 6.54 Å². The molecule has 26 heavy (non-hydrogen) atoms. The predicted octanol–water partition coefficient (Wildman–Crippen LogP) is 2.10. The fraction of sp³-hybridized carbons (Fsp3) is 0.368. The number of amides is 1. The first-order chi connectivity index (χ1) is 12.6. The fourth-order valence-corrected chi connectivity index (χ4v) is 3.33. The van der Waals surface area contributed by atoms with E-state index in [9.17, 15) is 9.90 Å². The van der Waals surface area contributed by atoms with Gasteiger partial charge in [-0.15, -0.1) is 5.10 Å².